The lowest BCUT2D eigenvalue weighted by atomic mass is 9.91. The second kappa shape index (κ2) is 12.8. The number of rotatable bonds is 11. The highest BCUT2D eigenvalue weighted by Crippen LogP contribution is 2.32. The van der Waals surface area contributed by atoms with Gasteiger partial charge in [0.25, 0.3) is 0 Å². The molecule has 0 amide bonds. The van der Waals surface area contributed by atoms with Gasteiger partial charge in [-0.05, 0) is 70.7 Å². The van der Waals surface area contributed by atoms with Crippen LogP contribution < -0.4 is 5.56 Å². The number of phenolic OH excluding ortho intramolecular Hbond substituents is 1. The summed E-state index contributed by atoms with van der Waals surface area (Å²) in [5.74, 6) is 0.487. The third kappa shape index (κ3) is 7.00. The highest BCUT2D eigenvalue weighted by molar-refractivity contribution is 5.87. The molecule has 0 fully saturated rings. The second-order valence-corrected chi connectivity index (χ2v) is 10.9. The van der Waals surface area contributed by atoms with E-state index in [2.05, 4.69) is 42.2 Å². The van der Waals surface area contributed by atoms with Gasteiger partial charge in [-0.25, -0.2) is 0 Å². The SMILES string of the molecule is C[C@H](CC[C@H](O)c1ccc(O)c2[nH]c(=O)ccc12)Cc1cccc(CC(=O)Cc2ccccc2-c2ccccc2)c1. The smallest absolute Gasteiger partial charge is 0.248 e. The Morgan fingerprint density at radius 2 is 1.56 bits per heavy atom. The van der Waals surface area contributed by atoms with E-state index >= 15 is 0 Å². The van der Waals surface area contributed by atoms with Crippen LogP contribution in [0.1, 0.15) is 48.1 Å². The van der Waals surface area contributed by atoms with Crippen molar-refractivity contribution in [3.05, 3.63) is 136 Å². The number of aromatic hydroxyl groups is 1. The number of Topliss-reactive ketones (excluding diaryl/α,β-unsaturated/α-hetero) is 1. The average Bonchev–Trinajstić information content (AvgIpc) is 2.97. The molecular formula is C36H35NO4. The zero-order chi connectivity index (χ0) is 28.8. The molecule has 0 aliphatic carbocycles. The maximum atomic E-state index is 13.1. The fourth-order valence-corrected chi connectivity index (χ4v) is 5.59. The van der Waals surface area contributed by atoms with Gasteiger partial charge in [0.2, 0.25) is 5.56 Å². The Kier molecular flexibility index (Phi) is 8.76. The molecule has 5 nitrogen and oxygen atoms in total. The third-order valence-electron chi connectivity index (χ3n) is 7.67. The fraction of sp³-hybridized carbons (Fsp3) is 0.222. The Balaban J connectivity index is 1.18. The van der Waals surface area contributed by atoms with Crippen LogP contribution in [0.3, 0.4) is 0 Å². The lowest BCUT2D eigenvalue weighted by Gasteiger charge is -2.17. The number of aliphatic hydroxyl groups is 1. The minimum absolute atomic E-state index is 0.0132. The zero-order valence-corrected chi connectivity index (χ0v) is 23.2. The fourth-order valence-electron chi connectivity index (χ4n) is 5.59. The largest absolute Gasteiger partial charge is 0.506 e. The number of benzene rings is 4. The number of aromatic nitrogens is 1. The van der Waals surface area contributed by atoms with Crippen LogP contribution in [0.25, 0.3) is 22.0 Å². The van der Waals surface area contributed by atoms with E-state index in [-0.39, 0.29) is 17.1 Å². The maximum absolute atomic E-state index is 13.1. The van der Waals surface area contributed by atoms with Crippen LogP contribution in [0.15, 0.2) is 108 Å². The molecule has 5 rings (SSSR count). The van der Waals surface area contributed by atoms with Crippen molar-refractivity contribution in [3.8, 4) is 16.9 Å². The second-order valence-electron chi connectivity index (χ2n) is 10.9. The van der Waals surface area contributed by atoms with Crippen LogP contribution in [0.2, 0.25) is 0 Å². The van der Waals surface area contributed by atoms with Gasteiger partial charge in [0.05, 0.1) is 11.6 Å². The molecule has 0 unspecified atom stereocenters. The highest BCUT2D eigenvalue weighted by Gasteiger charge is 2.16. The number of pyridine rings is 1. The number of hydrogen-bond donors (Lipinski definition) is 3. The number of ketones is 1. The van der Waals surface area contributed by atoms with E-state index < -0.39 is 6.10 Å². The van der Waals surface area contributed by atoms with Crippen molar-refractivity contribution in [3.63, 3.8) is 0 Å². The molecular weight excluding hydrogens is 510 g/mol. The molecule has 0 radical (unpaired) electrons. The van der Waals surface area contributed by atoms with Crippen LogP contribution in [-0.4, -0.2) is 21.0 Å². The van der Waals surface area contributed by atoms with Gasteiger partial charge in [0.1, 0.15) is 11.5 Å². The summed E-state index contributed by atoms with van der Waals surface area (Å²) < 4.78 is 0. The first-order valence-corrected chi connectivity index (χ1v) is 14.1. The van der Waals surface area contributed by atoms with Crippen LogP contribution >= 0.6 is 0 Å². The summed E-state index contributed by atoms with van der Waals surface area (Å²) in [4.78, 5) is 27.4. The summed E-state index contributed by atoms with van der Waals surface area (Å²) in [5, 5.41) is 21.7. The Labute approximate surface area is 240 Å². The third-order valence-corrected chi connectivity index (χ3v) is 7.67. The Morgan fingerprint density at radius 1 is 0.805 bits per heavy atom. The quantitative estimate of drug-likeness (QED) is 0.168. The lowest BCUT2D eigenvalue weighted by molar-refractivity contribution is -0.117. The number of fused-ring (bicyclic) bond motifs is 1. The molecule has 0 saturated heterocycles. The Hall–Kier alpha value is -4.48. The highest BCUT2D eigenvalue weighted by atomic mass is 16.3. The average molecular weight is 546 g/mol. The van der Waals surface area contributed by atoms with Crippen LogP contribution in [0.4, 0.5) is 0 Å². The number of aliphatic hydroxyl groups excluding tert-OH is 1. The minimum atomic E-state index is -0.714. The van der Waals surface area contributed by atoms with Gasteiger partial charge < -0.3 is 15.2 Å². The number of nitrogens with one attached hydrogen (secondary N) is 1. The predicted molar refractivity (Wildman–Crippen MR) is 164 cm³/mol. The molecule has 1 aromatic heterocycles. The first kappa shape index (κ1) is 28.1. The number of phenols is 1. The van der Waals surface area contributed by atoms with Crippen molar-refractivity contribution in [1.29, 1.82) is 0 Å². The monoisotopic (exact) mass is 545 g/mol. The molecule has 3 N–H and O–H groups in total. The van der Waals surface area contributed by atoms with E-state index in [9.17, 15) is 19.8 Å². The summed E-state index contributed by atoms with van der Waals surface area (Å²) in [6.07, 6.45) is 2.26. The van der Waals surface area contributed by atoms with Crippen molar-refractivity contribution < 1.29 is 15.0 Å². The van der Waals surface area contributed by atoms with Gasteiger partial charge in [-0.1, -0.05) is 91.9 Å². The van der Waals surface area contributed by atoms with Gasteiger partial charge >= 0.3 is 0 Å². The van der Waals surface area contributed by atoms with Gasteiger partial charge in [-0.2, -0.15) is 0 Å². The van der Waals surface area contributed by atoms with E-state index in [1.807, 2.05) is 48.5 Å². The number of H-pyrrole nitrogens is 1. The summed E-state index contributed by atoms with van der Waals surface area (Å²) >= 11 is 0. The molecule has 0 spiro atoms. The van der Waals surface area contributed by atoms with Gasteiger partial charge in [-0.15, -0.1) is 0 Å². The van der Waals surface area contributed by atoms with Crippen LogP contribution in [0.5, 0.6) is 5.75 Å². The number of hydrogen-bond acceptors (Lipinski definition) is 4. The van der Waals surface area contributed by atoms with E-state index in [0.29, 0.717) is 41.6 Å². The molecule has 41 heavy (non-hydrogen) atoms. The first-order valence-electron chi connectivity index (χ1n) is 14.1. The van der Waals surface area contributed by atoms with E-state index in [1.54, 1.807) is 12.1 Å². The zero-order valence-electron chi connectivity index (χ0n) is 23.2. The molecule has 5 heteroatoms. The molecule has 0 aliphatic heterocycles. The number of aromatic amines is 1. The van der Waals surface area contributed by atoms with Gasteiger partial charge in [-0.3, -0.25) is 9.59 Å². The normalized spacial score (nSPS) is 12.7. The summed E-state index contributed by atoms with van der Waals surface area (Å²) in [6.45, 7) is 2.16. The molecule has 0 saturated carbocycles. The topological polar surface area (TPSA) is 90.4 Å². The summed E-state index contributed by atoms with van der Waals surface area (Å²) in [7, 11) is 0. The van der Waals surface area contributed by atoms with Crippen LogP contribution in [0, 0.1) is 5.92 Å². The van der Waals surface area contributed by atoms with E-state index in [0.717, 1.165) is 35.1 Å². The van der Waals surface area contributed by atoms with E-state index in [1.165, 1.54) is 17.7 Å². The van der Waals surface area contributed by atoms with Crippen molar-refractivity contribution in [1.82, 2.24) is 4.98 Å². The van der Waals surface area contributed by atoms with E-state index in [4.69, 9.17) is 0 Å². The lowest BCUT2D eigenvalue weighted by Crippen LogP contribution is -2.09. The van der Waals surface area contributed by atoms with Gasteiger partial charge in [0, 0.05) is 24.3 Å². The van der Waals surface area contributed by atoms with Crippen LogP contribution in [-0.2, 0) is 24.1 Å². The molecule has 0 bridgehead atoms. The minimum Gasteiger partial charge on any atom is -0.506 e. The number of carbonyl (C=O) groups is 1. The standard InChI is InChI=1S/C36H35NO4/c1-24(14-17-33(39)31-15-18-34(40)36-32(31)16-19-35(41)37-36)20-25-8-7-9-26(21-25)22-29(38)23-28-12-5-6-13-30(28)27-10-3-2-4-11-27/h2-13,15-16,18-19,21,24,33,39-40H,14,17,20,22-23H2,1H3,(H,37,41)/t24-,33+/m1/s1. The first-order chi connectivity index (χ1) is 19.9. The molecule has 2 atom stereocenters. The maximum Gasteiger partial charge on any atom is 0.248 e. The molecule has 208 valence electrons. The van der Waals surface area contributed by atoms with Crippen molar-refractivity contribution in [2.75, 3.05) is 0 Å². The van der Waals surface area contributed by atoms with Crippen molar-refractivity contribution in [2.24, 2.45) is 5.92 Å². The summed E-state index contributed by atoms with van der Waals surface area (Å²) in [6, 6.07) is 32.8. The Morgan fingerprint density at radius 3 is 2.39 bits per heavy atom. The molecule has 1 heterocycles. The predicted octanol–water partition coefficient (Wildman–Crippen LogP) is 6.95. The summed E-state index contributed by atoms with van der Waals surface area (Å²) in [5.41, 5.74) is 6.18. The Bertz CT molecular complexity index is 1710. The molecule has 0 aliphatic rings. The number of carbonyl (C=O) groups excluding carboxylic acids is 1. The van der Waals surface area contributed by atoms with Gasteiger partial charge in [0.15, 0.2) is 0 Å². The van der Waals surface area contributed by atoms with Crippen molar-refractivity contribution >= 4 is 16.7 Å². The van der Waals surface area contributed by atoms with Crippen molar-refractivity contribution in [2.45, 2.75) is 45.1 Å². The molecule has 4 aromatic carbocycles. The molecule has 5 aromatic rings.